The smallest absolute Gasteiger partial charge is 0.325 e. The Morgan fingerprint density at radius 2 is 1.53 bits per heavy atom. The van der Waals surface area contributed by atoms with Crippen molar-refractivity contribution in [3.8, 4) is 11.5 Å². The Hall–Kier alpha value is -3.88. The van der Waals surface area contributed by atoms with Gasteiger partial charge in [0.05, 0.1) is 30.9 Å². The average molecular weight is 469 g/mol. The van der Waals surface area contributed by atoms with Crippen LogP contribution < -0.4 is 14.8 Å². The Morgan fingerprint density at radius 3 is 2.18 bits per heavy atom. The number of hydrogen-bond donors (Lipinski definition) is 1. The molecule has 0 bridgehead atoms. The van der Waals surface area contributed by atoms with Crippen molar-refractivity contribution in [1.82, 2.24) is 10.2 Å². The molecule has 0 saturated heterocycles. The van der Waals surface area contributed by atoms with Crippen LogP contribution >= 0.6 is 0 Å². The highest BCUT2D eigenvalue weighted by atomic mass is 16.5. The zero-order valence-corrected chi connectivity index (χ0v) is 19.3. The van der Waals surface area contributed by atoms with Crippen molar-refractivity contribution in [2.24, 2.45) is 0 Å². The molecule has 1 aliphatic rings. The third-order valence-electron chi connectivity index (χ3n) is 5.12. The Labute approximate surface area is 198 Å². The van der Waals surface area contributed by atoms with Crippen LogP contribution in [0.3, 0.4) is 0 Å². The van der Waals surface area contributed by atoms with Gasteiger partial charge in [-0.3, -0.25) is 24.1 Å². The number of hydrogen-bond acceptors (Lipinski definition) is 7. The molecule has 0 unspecified atom stereocenters. The monoisotopic (exact) mass is 468 g/mol. The van der Waals surface area contributed by atoms with Gasteiger partial charge in [-0.15, -0.1) is 0 Å². The second kappa shape index (κ2) is 11.8. The highest BCUT2D eigenvalue weighted by molar-refractivity contribution is 6.21. The van der Waals surface area contributed by atoms with Gasteiger partial charge in [0.25, 0.3) is 17.7 Å². The van der Waals surface area contributed by atoms with Crippen molar-refractivity contribution in [3.63, 3.8) is 0 Å². The Balaban J connectivity index is 1.37. The number of benzene rings is 2. The SMILES string of the molecule is CCOc1ccc(C(=O)NCC(=O)OCCCCN2C(=O)c3ccccc3C2=O)cc1OCC. The molecule has 0 spiro atoms. The van der Waals surface area contributed by atoms with E-state index in [1.165, 1.54) is 4.90 Å². The summed E-state index contributed by atoms with van der Waals surface area (Å²) in [5.41, 5.74) is 1.16. The van der Waals surface area contributed by atoms with E-state index >= 15 is 0 Å². The molecule has 3 amide bonds. The third-order valence-corrected chi connectivity index (χ3v) is 5.12. The fourth-order valence-corrected chi connectivity index (χ4v) is 3.50. The maximum absolute atomic E-state index is 12.4. The van der Waals surface area contributed by atoms with Gasteiger partial charge in [0.15, 0.2) is 11.5 Å². The highest BCUT2D eigenvalue weighted by Gasteiger charge is 2.34. The van der Waals surface area contributed by atoms with Gasteiger partial charge in [-0.2, -0.15) is 0 Å². The Kier molecular flexibility index (Phi) is 8.61. The van der Waals surface area contributed by atoms with Gasteiger partial charge in [-0.1, -0.05) is 12.1 Å². The van der Waals surface area contributed by atoms with Crippen LogP contribution in [0.5, 0.6) is 11.5 Å². The topological polar surface area (TPSA) is 111 Å². The van der Waals surface area contributed by atoms with Crippen molar-refractivity contribution < 1.29 is 33.4 Å². The van der Waals surface area contributed by atoms with E-state index in [1.807, 2.05) is 13.8 Å². The molecule has 0 aliphatic carbocycles. The van der Waals surface area contributed by atoms with Crippen LogP contribution in [0, 0.1) is 0 Å². The maximum Gasteiger partial charge on any atom is 0.325 e. The first-order chi connectivity index (χ1) is 16.5. The van der Waals surface area contributed by atoms with Crippen LogP contribution in [0.2, 0.25) is 0 Å². The minimum atomic E-state index is -0.579. The lowest BCUT2D eigenvalue weighted by atomic mass is 10.1. The van der Waals surface area contributed by atoms with Crippen LogP contribution in [-0.2, 0) is 9.53 Å². The summed E-state index contributed by atoms with van der Waals surface area (Å²) in [6.07, 6.45) is 0.973. The first kappa shape index (κ1) is 24.8. The van der Waals surface area contributed by atoms with Crippen molar-refractivity contribution >= 4 is 23.7 Å². The van der Waals surface area contributed by atoms with Gasteiger partial charge in [0, 0.05) is 12.1 Å². The Morgan fingerprint density at radius 1 is 0.882 bits per heavy atom. The van der Waals surface area contributed by atoms with Crippen LogP contribution in [0.15, 0.2) is 42.5 Å². The number of unbranched alkanes of at least 4 members (excludes halogenated alkanes) is 1. The molecule has 2 aromatic carbocycles. The van der Waals surface area contributed by atoms with Gasteiger partial charge in [0.1, 0.15) is 6.54 Å². The number of imide groups is 1. The van der Waals surface area contributed by atoms with E-state index in [0.717, 1.165) is 0 Å². The third kappa shape index (κ3) is 5.92. The first-order valence-corrected chi connectivity index (χ1v) is 11.2. The summed E-state index contributed by atoms with van der Waals surface area (Å²) < 4.78 is 16.1. The number of rotatable bonds is 12. The van der Waals surface area contributed by atoms with E-state index < -0.39 is 11.9 Å². The van der Waals surface area contributed by atoms with Crippen LogP contribution in [0.25, 0.3) is 0 Å². The molecule has 0 atom stereocenters. The maximum atomic E-state index is 12.4. The van der Waals surface area contributed by atoms with Gasteiger partial charge < -0.3 is 19.5 Å². The van der Waals surface area contributed by atoms with E-state index in [1.54, 1.807) is 42.5 Å². The lowest BCUT2D eigenvalue weighted by molar-refractivity contribution is -0.142. The summed E-state index contributed by atoms with van der Waals surface area (Å²) in [4.78, 5) is 50.2. The highest BCUT2D eigenvalue weighted by Crippen LogP contribution is 2.28. The molecule has 3 rings (SSSR count). The molecule has 180 valence electrons. The second-order valence-electron chi connectivity index (χ2n) is 7.45. The molecule has 1 heterocycles. The van der Waals surface area contributed by atoms with E-state index in [2.05, 4.69) is 5.32 Å². The second-order valence-corrected chi connectivity index (χ2v) is 7.45. The lowest BCUT2D eigenvalue weighted by Gasteiger charge is -2.13. The van der Waals surface area contributed by atoms with E-state index in [9.17, 15) is 19.2 Å². The summed E-state index contributed by atoms with van der Waals surface area (Å²) in [5.74, 6) is -0.625. The van der Waals surface area contributed by atoms with Gasteiger partial charge in [-0.25, -0.2) is 0 Å². The Bertz CT molecular complexity index is 1030. The average Bonchev–Trinajstić information content (AvgIpc) is 3.08. The summed E-state index contributed by atoms with van der Waals surface area (Å²) in [6, 6.07) is 11.5. The summed E-state index contributed by atoms with van der Waals surface area (Å²) in [5, 5.41) is 2.52. The lowest BCUT2D eigenvalue weighted by Crippen LogP contribution is -2.31. The van der Waals surface area contributed by atoms with E-state index in [0.29, 0.717) is 54.2 Å². The molecule has 9 nitrogen and oxygen atoms in total. The van der Waals surface area contributed by atoms with Crippen LogP contribution in [-0.4, -0.2) is 61.5 Å². The molecular weight excluding hydrogens is 440 g/mol. The predicted molar refractivity (Wildman–Crippen MR) is 123 cm³/mol. The summed E-state index contributed by atoms with van der Waals surface area (Å²) >= 11 is 0. The standard InChI is InChI=1S/C25H28N2O7/c1-3-32-20-12-11-17(15-21(20)33-4-2)23(29)26-16-22(28)34-14-8-7-13-27-24(30)18-9-5-6-10-19(18)25(27)31/h5-6,9-12,15H,3-4,7-8,13-14,16H2,1-2H3,(H,26,29). The zero-order chi connectivity index (χ0) is 24.5. The quantitative estimate of drug-likeness (QED) is 0.290. The summed E-state index contributed by atoms with van der Waals surface area (Å²) in [7, 11) is 0. The minimum Gasteiger partial charge on any atom is -0.490 e. The fraction of sp³-hybridized carbons (Fsp3) is 0.360. The summed E-state index contributed by atoms with van der Waals surface area (Å²) in [6.45, 7) is 4.66. The molecule has 1 aliphatic heterocycles. The molecular formula is C25H28N2O7. The molecule has 0 saturated carbocycles. The zero-order valence-electron chi connectivity index (χ0n) is 19.3. The number of ether oxygens (including phenoxy) is 3. The van der Waals surface area contributed by atoms with E-state index in [-0.39, 0.29) is 31.5 Å². The molecule has 0 radical (unpaired) electrons. The fourth-order valence-electron chi connectivity index (χ4n) is 3.50. The van der Waals surface area contributed by atoms with Crippen LogP contribution in [0.4, 0.5) is 0 Å². The van der Waals surface area contributed by atoms with E-state index in [4.69, 9.17) is 14.2 Å². The minimum absolute atomic E-state index is 0.120. The number of fused-ring (bicyclic) bond motifs is 1. The van der Waals surface area contributed by atoms with Crippen molar-refractivity contribution in [2.75, 3.05) is 32.9 Å². The number of carbonyl (C=O) groups is 4. The van der Waals surface area contributed by atoms with Crippen molar-refractivity contribution in [1.29, 1.82) is 0 Å². The first-order valence-electron chi connectivity index (χ1n) is 11.2. The number of nitrogens with one attached hydrogen (secondary N) is 1. The normalized spacial score (nSPS) is 12.4. The predicted octanol–water partition coefficient (Wildman–Crippen LogP) is 2.83. The molecule has 9 heteroatoms. The molecule has 34 heavy (non-hydrogen) atoms. The van der Waals surface area contributed by atoms with Gasteiger partial charge >= 0.3 is 5.97 Å². The number of amides is 3. The molecule has 1 N–H and O–H groups in total. The molecule has 0 aromatic heterocycles. The molecule has 0 fully saturated rings. The van der Waals surface area contributed by atoms with Crippen LogP contribution in [0.1, 0.15) is 57.8 Å². The van der Waals surface area contributed by atoms with Gasteiger partial charge in [0.2, 0.25) is 0 Å². The van der Waals surface area contributed by atoms with Crippen molar-refractivity contribution in [2.45, 2.75) is 26.7 Å². The van der Waals surface area contributed by atoms with Crippen molar-refractivity contribution in [3.05, 3.63) is 59.2 Å². The number of esters is 1. The number of nitrogens with zero attached hydrogens (tertiary/aromatic N) is 1. The molecule has 2 aromatic rings. The largest absolute Gasteiger partial charge is 0.490 e. The van der Waals surface area contributed by atoms with Gasteiger partial charge in [-0.05, 0) is 57.0 Å². The number of carbonyl (C=O) groups excluding carboxylic acids is 4.